The van der Waals surface area contributed by atoms with Crippen molar-refractivity contribution in [3.8, 4) is 11.4 Å². The third-order valence-electron chi connectivity index (χ3n) is 2.23. The number of aromatic nitrogens is 4. The molecule has 0 fully saturated rings. The summed E-state index contributed by atoms with van der Waals surface area (Å²) in [5.74, 6) is 0.633. The maximum Gasteiger partial charge on any atom is 0.164 e. The van der Waals surface area contributed by atoms with E-state index in [4.69, 9.17) is 11.6 Å². The minimum atomic E-state index is 0.492. The van der Waals surface area contributed by atoms with Crippen molar-refractivity contribution < 1.29 is 0 Å². The van der Waals surface area contributed by atoms with E-state index >= 15 is 0 Å². The number of rotatable bonds is 1. The molecule has 0 spiro atoms. The molecule has 0 aliphatic heterocycles. The molecule has 0 bridgehead atoms. The second-order valence-corrected chi connectivity index (χ2v) is 4.98. The molecule has 2 aromatic heterocycles. The van der Waals surface area contributed by atoms with E-state index in [1.807, 2.05) is 27.1 Å². The summed E-state index contributed by atoms with van der Waals surface area (Å²) < 4.78 is 2.64. The van der Waals surface area contributed by atoms with Gasteiger partial charge < -0.3 is 0 Å². The lowest BCUT2D eigenvalue weighted by Gasteiger charge is -2.03. The smallest absolute Gasteiger partial charge is 0.164 e. The summed E-state index contributed by atoms with van der Waals surface area (Å²) in [6.07, 6.45) is 1.90. The summed E-state index contributed by atoms with van der Waals surface area (Å²) in [6, 6.07) is 0. The molecule has 0 aliphatic carbocycles. The van der Waals surface area contributed by atoms with Gasteiger partial charge in [0.05, 0.1) is 20.5 Å². The van der Waals surface area contributed by atoms with Crippen LogP contribution in [0, 0.1) is 17.4 Å². The highest BCUT2D eigenvalue weighted by Gasteiger charge is 2.13. The second-order valence-electron chi connectivity index (χ2n) is 3.54. The van der Waals surface area contributed by atoms with Crippen LogP contribution in [-0.4, -0.2) is 19.7 Å². The van der Waals surface area contributed by atoms with E-state index in [9.17, 15) is 0 Å². The first kappa shape index (κ1) is 11.8. The predicted molar refractivity (Wildman–Crippen MR) is 71.4 cm³/mol. The Labute approximate surface area is 112 Å². The Balaban J connectivity index is 2.61. The van der Waals surface area contributed by atoms with Gasteiger partial charge in [-0.15, -0.1) is 0 Å². The van der Waals surface area contributed by atoms with Crippen molar-refractivity contribution in [3.63, 3.8) is 0 Å². The zero-order chi connectivity index (χ0) is 11.9. The Morgan fingerprint density at radius 1 is 1.25 bits per heavy atom. The van der Waals surface area contributed by atoms with Crippen LogP contribution in [0.2, 0.25) is 5.15 Å². The lowest BCUT2D eigenvalue weighted by atomic mass is 10.2. The molecule has 0 saturated carbocycles. The summed E-state index contributed by atoms with van der Waals surface area (Å²) >= 11 is 8.18. The normalized spacial score (nSPS) is 10.8. The van der Waals surface area contributed by atoms with Crippen molar-refractivity contribution in [1.82, 2.24) is 19.7 Å². The molecule has 2 aromatic rings. The largest absolute Gasteiger partial charge is 0.275 e. The molecule has 0 aromatic carbocycles. The molecule has 0 radical (unpaired) electrons. The first-order valence-electron chi connectivity index (χ1n) is 4.69. The molecule has 6 heteroatoms. The molecule has 0 unspecified atom stereocenters. The van der Waals surface area contributed by atoms with Gasteiger partial charge in [0.2, 0.25) is 0 Å². The van der Waals surface area contributed by atoms with Gasteiger partial charge in [0, 0.05) is 13.2 Å². The molecule has 0 N–H and O–H groups in total. The lowest BCUT2D eigenvalue weighted by Crippen LogP contribution is -1.96. The van der Waals surface area contributed by atoms with Gasteiger partial charge in [0.15, 0.2) is 5.82 Å². The van der Waals surface area contributed by atoms with Crippen LogP contribution >= 0.6 is 34.2 Å². The van der Waals surface area contributed by atoms with E-state index in [-0.39, 0.29) is 0 Å². The Morgan fingerprint density at radius 3 is 2.44 bits per heavy atom. The molecule has 0 saturated heterocycles. The first-order chi connectivity index (χ1) is 7.49. The van der Waals surface area contributed by atoms with Crippen LogP contribution in [0.3, 0.4) is 0 Å². The molecule has 16 heavy (non-hydrogen) atoms. The lowest BCUT2D eigenvalue weighted by molar-refractivity contribution is 0.756. The van der Waals surface area contributed by atoms with Crippen LogP contribution in [0.5, 0.6) is 0 Å². The van der Waals surface area contributed by atoms with Crippen LogP contribution in [0.25, 0.3) is 11.4 Å². The average Bonchev–Trinajstić information content (AvgIpc) is 2.53. The molecule has 2 heterocycles. The van der Waals surface area contributed by atoms with Gasteiger partial charge in [-0.1, -0.05) is 11.6 Å². The highest BCUT2D eigenvalue weighted by Crippen LogP contribution is 2.24. The van der Waals surface area contributed by atoms with Crippen LogP contribution in [-0.2, 0) is 7.05 Å². The van der Waals surface area contributed by atoms with Gasteiger partial charge >= 0.3 is 0 Å². The van der Waals surface area contributed by atoms with Crippen molar-refractivity contribution in [2.24, 2.45) is 7.05 Å². The standard InChI is InChI=1S/C10H10ClIN4/c1-5-7(4-16(3)15-5)10-13-6(2)8(12)9(11)14-10/h4H,1-3H3. The van der Waals surface area contributed by atoms with Gasteiger partial charge in [0.1, 0.15) is 5.15 Å². The Morgan fingerprint density at radius 2 is 1.94 bits per heavy atom. The minimum Gasteiger partial charge on any atom is -0.275 e. The first-order valence-corrected chi connectivity index (χ1v) is 6.15. The number of hydrogen-bond acceptors (Lipinski definition) is 3. The minimum absolute atomic E-state index is 0.492. The second kappa shape index (κ2) is 4.29. The zero-order valence-corrected chi connectivity index (χ0v) is 12.0. The molecular formula is C10H10ClIN4. The summed E-state index contributed by atoms with van der Waals surface area (Å²) in [6.45, 7) is 3.85. The van der Waals surface area contributed by atoms with E-state index in [1.54, 1.807) is 4.68 Å². The average molecular weight is 349 g/mol. The van der Waals surface area contributed by atoms with E-state index in [0.29, 0.717) is 11.0 Å². The highest BCUT2D eigenvalue weighted by atomic mass is 127. The number of aryl methyl sites for hydroxylation is 3. The molecule has 0 aliphatic rings. The fraction of sp³-hybridized carbons (Fsp3) is 0.300. The van der Waals surface area contributed by atoms with Gasteiger partial charge in [-0.2, -0.15) is 5.10 Å². The SMILES string of the molecule is Cc1nn(C)cc1-c1nc(C)c(I)c(Cl)n1. The van der Waals surface area contributed by atoms with E-state index in [0.717, 1.165) is 20.5 Å². The fourth-order valence-corrected chi connectivity index (χ4v) is 1.92. The van der Waals surface area contributed by atoms with Gasteiger partial charge in [-0.3, -0.25) is 4.68 Å². The van der Waals surface area contributed by atoms with Gasteiger partial charge in [-0.25, -0.2) is 9.97 Å². The molecular weight excluding hydrogens is 338 g/mol. The predicted octanol–water partition coefficient (Wildman–Crippen LogP) is 2.75. The van der Waals surface area contributed by atoms with Crippen LogP contribution in [0.15, 0.2) is 6.20 Å². The van der Waals surface area contributed by atoms with Crippen molar-refractivity contribution in [3.05, 3.63) is 26.3 Å². The third kappa shape index (κ3) is 2.06. The molecule has 4 nitrogen and oxygen atoms in total. The maximum atomic E-state index is 6.04. The third-order valence-corrected chi connectivity index (χ3v) is 4.11. The topological polar surface area (TPSA) is 43.6 Å². The Bertz CT molecular complexity index is 527. The van der Waals surface area contributed by atoms with E-state index < -0.39 is 0 Å². The molecule has 0 amide bonds. The highest BCUT2D eigenvalue weighted by molar-refractivity contribution is 14.1. The maximum absolute atomic E-state index is 6.04. The van der Waals surface area contributed by atoms with Crippen LogP contribution < -0.4 is 0 Å². The Kier molecular flexibility index (Phi) is 3.16. The summed E-state index contributed by atoms with van der Waals surface area (Å²) in [7, 11) is 1.87. The van der Waals surface area contributed by atoms with Crippen molar-refractivity contribution >= 4 is 34.2 Å². The summed E-state index contributed by atoms with van der Waals surface area (Å²) in [5, 5.41) is 4.75. The van der Waals surface area contributed by atoms with Gasteiger partial charge in [-0.05, 0) is 36.4 Å². The number of halogens is 2. The van der Waals surface area contributed by atoms with Gasteiger partial charge in [0.25, 0.3) is 0 Å². The zero-order valence-electron chi connectivity index (χ0n) is 9.12. The fourth-order valence-electron chi connectivity index (χ4n) is 1.46. The van der Waals surface area contributed by atoms with E-state index in [2.05, 4.69) is 37.7 Å². The van der Waals surface area contributed by atoms with Crippen LogP contribution in [0.4, 0.5) is 0 Å². The number of nitrogens with zero attached hydrogens (tertiary/aromatic N) is 4. The van der Waals surface area contributed by atoms with Crippen molar-refractivity contribution in [1.29, 1.82) is 0 Å². The Hall–Kier alpha value is -0.690. The summed E-state index contributed by atoms with van der Waals surface area (Å²) in [4.78, 5) is 8.69. The van der Waals surface area contributed by atoms with Crippen molar-refractivity contribution in [2.75, 3.05) is 0 Å². The quantitative estimate of drug-likeness (QED) is 0.588. The summed E-state index contributed by atoms with van der Waals surface area (Å²) in [5.41, 5.74) is 2.71. The number of hydrogen-bond donors (Lipinski definition) is 0. The van der Waals surface area contributed by atoms with Crippen molar-refractivity contribution in [2.45, 2.75) is 13.8 Å². The molecule has 84 valence electrons. The molecule has 2 rings (SSSR count). The van der Waals surface area contributed by atoms with E-state index in [1.165, 1.54) is 0 Å². The van der Waals surface area contributed by atoms with Crippen LogP contribution in [0.1, 0.15) is 11.4 Å². The molecule has 0 atom stereocenters. The monoisotopic (exact) mass is 348 g/mol.